The third-order valence-electron chi connectivity index (χ3n) is 4.08. The van der Waals surface area contributed by atoms with E-state index in [2.05, 4.69) is 0 Å². The van der Waals surface area contributed by atoms with E-state index in [-0.39, 0.29) is 29.8 Å². The number of halogens is 1. The minimum absolute atomic E-state index is 0.161. The molecule has 0 unspecified atom stereocenters. The van der Waals surface area contributed by atoms with Crippen molar-refractivity contribution in [3.05, 3.63) is 28.1 Å². The molecule has 25 heavy (non-hydrogen) atoms. The van der Waals surface area contributed by atoms with Crippen LogP contribution >= 0.6 is 0 Å². The van der Waals surface area contributed by atoms with Crippen molar-refractivity contribution in [3.63, 3.8) is 0 Å². The summed E-state index contributed by atoms with van der Waals surface area (Å²) in [5.41, 5.74) is -0.720. The van der Waals surface area contributed by atoms with Gasteiger partial charge in [0.1, 0.15) is 17.9 Å². The van der Waals surface area contributed by atoms with Crippen LogP contribution in [0.25, 0.3) is 0 Å². The first-order valence-corrected chi connectivity index (χ1v) is 8.01. The second kappa shape index (κ2) is 6.05. The molecule has 0 bridgehead atoms. The van der Waals surface area contributed by atoms with Crippen LogP contribution in [0.15, 0.2) is 12.1 Å². The Hall–Kier alpha value is -2.58. The maximum absolute atomic E-state index is 14.4. The van der Waals surface area contributed by atoms with Gasteiger partial charge in [-0.25, -0.2) is 9.18 Å². The van der Waals surface area contributed by atoms with Crippen molar-refractivity contribution in [2.45, 2.75) is 32.4 Å². The summed E-state index contributed by atoms with van der Waals surface area (Å²) < 4.78 is 25.3. The highest BCUT2D eigenvalue weighted by Crippen LogP contribution is 2.40. The van der Waals surface area contributed by atoms with Crippen LogP contribution in [0.2, 0.25) is 0 Å². The van der Waals surface area contributed by atoms with Crippen LogP contribution in [0, 0.1) is 15.9 Å². The van der Waals surface area contributed by atoms with Crippen molar-refractivity contribution >= 4 is 17.5 Å². The molecule has 3 rings (SSSR count). The fourth-order valence-electron chi connectivity index (χ4n) is 3.02. The minimum atomic E-state index is -0.695. The lowest BCUT2D eigenvalue weighted by molar-refractivity contribution is -0.385. The lowest BCUT2D eigenvalue weighted by atomic mass is 10.1. The second-order valence-corrected chi connectivity index (χ2v) is 7.12. The Bertz CT molecular complexity index is 718. The number of amides is 1. The van der Waals surface area contributed by atoms with Crippen molar-refractivity contribution in [1.82, 2.24) is 4.90 Å². The number of nitro benzene ring substituents is 1. The van der Waals surface area contributed by atoms with Gasteiger partial charge in [0, 0.05) is 19.6 Å². The van der Waals surface area contributed by atoms with Crippen LogP contribution in [-0.4, -0.2) is 53.8 Å². The molecule has 1 aromatic carbocycles. The summed E-state index contributed by atoms with van der Waals surface area (Å²) in [4.78, 5) is 25.8. The van der Waals surface area contributed by atoms with Crippen molar-refractivity contribution in [2.75, 3.05) is 31.1 Å². The Kier molecular flexibility index (Phi) is 4.18. The number of hydrogen-bond donors (Lipinski definition) is 0. The number of anilines is 1. The number of fused-ring (bicyclic) bond motifs is 3. The third-order valence-corrected chi connectivity index (χ3v) is 4.08. The first kappa shape index (κ1) is 17.2. The zero-order valence-corrected chi connectivity index (χ0v) is 14.3. The van der Waals surface area contributed by atoms with Crippen LogP contribution < -0.4 is 9.64 Å². The van der Waals surface area contributed by atoms with Crippen LogP contribution in [0.3, 0.4) is 0 Å². The molecular weight excluding hydrogens is 333 g/mol. The summed E-state index contributed by atoms with van der Waals surface area (Å²) in [5, 5.41) is 10.9. The maximum atomic E-state index is 14.4. The van der Waals surface area contributed by atoms with Gasteiger partial charge in [-0.2, -0.15) is 0 Å². The second-order valence-electron chi connectivity index (χ2n) is 7.12. The summed E-state index contributed by atoms with van der Waals surface area (Å²) in [6.45, 7) is 6.71. The predicted molar refractivity (Wildman–Crippen MR) is 87.5 cm³/mol. The molecule has 1 amide bonds. The summed E-state index contributed by atoms with van der Waals surface area (Å²) >= 11 is 0. The van der Waals surface area contributed by atoms with Crippen molar-refractivity contribution in [2.24, 2.45) is 0 Å². The van der Waals surface area contributed by atoms with Gasteiger partial charge in [0.25, 0.3) is 5.69 Å². The van der Waals surface area contributed by atoms with Gasteiger partial charge in [0.15, 0.2) is 11.6 Å². The number of carbonyl (C=O) groups excluding carboxylic acids is 1. The third kappa shape index (κ3) is 3.45. The topological polar surface area (TPSA) is 85.2 Å². The van der Waals surface area contributed by atoms with Crippen LogP contribution in [0.5, 0.6) is 5.75 Å². The zero-order chi connectivity index (χ0) is 18.4. The standard InChI is InChI=1S/C16H20FN3O5/c1-16(2,3)25-15(21)18-4-5-19-11(8-18)9-24-13-7-10(20(22)23)6-12(17)14(13)19/h6-7,11H,4-5,8-9H2,1-3H3/t11-/m0/s1. The van der Waals surface area contributed by atoms with E-state index in [0.29, 0.717) is 19.6 Å². The predicted octanol–water partition coefficient (Wildman–Crippen LogP) is 2.55. The Labute approximate surface area is 144 Å². The molecule has 0 aliphatic carbocycles. The largest absolute Gasteiger partial charge is 0.489 e. The quantitative estimate of drug-likeness (QED) is 0.570. The highest BCUT2D eigenvalue weighted by Gasteiger charge is 2.38. The molecule has 1 atom stereocenters. The maximum Gasteiger partial charge on any atom is 0.410 e. The highest BCUT2D eigenvalue weighted by atomic mass is 19.1. The van der Waals surface area contributed by atoms with Crippen molar-refractivity contribution in [3.8, 4) is 5.75 Å². The number of ether oxygens (including phenoxy) is 2. The fourth-order valence-corrected chi connectivity index (χ4v) is 3.02. The molecule has 0 spiro atoms. The van der Waals surface area contributed by atoms with Crippen LogP contribution in [0.1, 0.15) is 20.8 Å². The first-order valence-electron chi connectivity index (χ1n) is 8.01. The van der Waals surface area contributed by atoms with E-state index < -0.39 is 22.4 Å². The smallest absolute Gasteiger partial charge is 0.410 e. The Morgan fingerprint density at radius 1 is 1.40 bits per heavy atom. The van der Waals surface area contributed by atoms with Gasteiger partial charge in [-0.3, -0.25) is 10.1 Å². The van der Waals surface area contributed by atoms with Gasteiger partial charge in [-0.05, 0) is 20.8 Å². The SMILES string of the molecule is CC(C)(C)OC(=O)N1CCN2c3c(F)cc([N+](=O)[O-])cc3OC[C@@H]2C1. The number of benzene rings is 1. The van der Waals surface area contributed by atoms with Crippen LogP contribution in [0.4, 0.5) is 20.6 Å². The summed E-state index contributed by atoms with van der Waals surface area (Å²) in [6.07, 6.45) is -0.415. The molecule has 2 aliphatic heterocycles. The molecule has 9 heteroatoms. The summed E-state index contributed by atoms with van der Waals surface area (Å²) in [6, 6.07) is 1.89. The van der Waals surface area contributed by atoms with Gasteiger partial charge >= 0.3 is 6.09 Å². The normalized spacial score (nSPS) is 19.6. The van der Waals surface area contributed by atoms with E-state index in [0.717, 1.165) is 6.07 Å². The molecule has 1 saturated heterocycles. The Morgan fingerprint density at radius 3 is 2.76 bits per heavy atom. The number of hydrogen-bond acceptors (Lipinski definition) is 6. The van der Waals surface area contributed by atoms with Crippen molar-refractivity contribution in [1.29, 1.82) is 0 Å². The zero-order valence-electron chi connectivity index (χ0n) is 14.3. The number of nitro groups is 1. The number of non-ortho nitro benzene ring substituents is 1. The van der Waals surface area contributed by atoms with Gasteiger partial charge in [-0.1, -0.05) is 0 Å². The summed E-state index contributed by atoms with van der Waals surface area (Å²) in [5.74, 6) is -0.534. The molecule has 0 N–H and O–H groups in total. The molecule has 1 aromatic rings. The van der Waals surface area contributed by atoms with E-state index >= 15 is 0 Å². The number of piperazine rings is 1. The number of carbonyl (C=O) groups is 1. The van der Waals surface area contributed by atoms with Crippen molar-refractivity contribution < 1.29 is 23.6 Å². The van der Waals surface area contributed by atoms with Gasteiger partial charge < -0.3 is 19.3 Å². The molecular formula is C16H20FN3O5. The molecule has 0 radical (unpaired) electrons. The minimum Gasteiger partial charge on any atom is -0.489 e. The summed E-state index contributed by atoms with van der Waals surface area (Å²) in [7, 11) is 0. The lowest BCUT2D eigenvalue weighted by Gasteiger charge is -2.45. The molecule has 136 valence electrons. The fraction of sp³-hybridized carbons (Fsp3) is 0.562. The van der Waals surface area contributed by atoms with E-state index in [9.17, 15) is 19.3 Å². The molecule has 2 aliphatic rings. The Morgan fingerprint density at radius 2 is 2.12 bits per heavy atom. The van der Waals surface area contributed by atoms with Crippen LogP contribution in [-0.2, 0) is 4.74 Å². The van der Waals surface area contributed by atoms with Gasteiger partial charge in [0.2, 0.25) is 0 Å². The molecule has 0 aromatic heterocycles. The average molecular weight is 353 g/mol. The highest BCUT2D eigenvalue weighted by molar-refractivity contribution is 5.70. The first-order chi connectivity index (χ1) is 11.7. The molecule has 2 heterocycles. The number of nitrogens with zero attached hydrogens (tertiary/aromatic N) is 3. The van der Waals surface area contributed by atoms with Gasteiger partial charge in [-0.15, -0.1) is 0 Å². The van der Waals surface area contributed by atoms with E-state index in [1.54, 1.807) is 30.6 Å². The monoisotopic (exact) mass is 353 g/mol. The average Bonchev–Trinajstić information content (AvgIpc) is 2.51. The van der Waals surface area contributed by atoms with Gasteiger partial charge in [0.05, 0.1) is 23.1 Å². The molecule has 1 fully saturated rings. The lowest BCUT2D eigenvalue weighted by Crippen LogP contribution is -2.59. The molecule has 8 nitrogen and oxygen atoms in total. The van der Waals surface area contributed by atoms with E-state index in [4.69, 9.17) is 9.47 Å². The molecule has 0 saturated carbocycles. The Balaban J connectivity index is 1.79. The van der Waals surface area contributed by atoms with E-state index in [1.165, 1.54) is 6.07 Å². The van der Waals surface area contributed by atoms with E-state index in [1.807, 2.05) is 0 Å². The number of rotatable bonds is 1.